The van der Waals surface area contributed by atoms with Crippen LogP contribution in [0.4, 0.5) is 5.69 Å². The van der Waals surface area contributed by atoms with Gasteiger partial charge in [0.25, 0.3) is 0 Å². The maximum atomic E-state index is 12.7. The lowest BCUT2D eigenvalue weighted by molar-refractivity contribution is -0.127. The number of anilines is 1. The molecular weight excluding hydrogens is 410 g/mol. The maximum Gasteiger partial charge on any atom is 0.239 e. The molecule has 0 radical (unpaired) electrons. The summed E-state index contributed by atoms with van der Waals surface area (Å²) in [6.07, 6.45) is 0. The number of nitrogens with zero attached hydrogens (tertiary/aromatic N) is 3. The third-order valence-electron chi connectivity index (χ3n) is 5.04. The van der Waals surface area contributed by atoms with Crippen LogP contribution >= 0.6 is 11.6 Å². The lowest BCUT2D eigenvalue weighted by atomic mass is 10.2. The van der Waals surface area contributed by atoms with Crippen LogP contribution in [0.1, 0.15) is 11.1 Å². The summed E-state index contributed by atoms with van der Waals surface area (Å²) in [5, 5.41) is 0.586. The molecule has 1 heterocycles. The van der Waals surface area contributed by atoms with Crippen LogP contribution in [0.2, 0.25) is 5.02 Å². The predicted octanol–water partition coefficient (Wildman–Crippen LogP) is 2.76. The largest absolute Gasteiger partial charge is 0.369 e. The van der Waals surface area contributed by atoms with Gasteiger partial charge in [-0.3, -0.25) is 4.79 Å². The Kier molecular flexibility index (Phi) is 6.82. The molecule has 0 atom stereocenters. The maximum absolute atomic E-state index is 12.7. The predicted molar refractivity (Wildman–Crippen MR) is 117 cm³/mol. The third kappa shape index (κ3) is 5.72. The van der Waals surface area contributed by atoms with Crippen molar-refractivity contribution in [1.82, 2.24) is 9.21 Å². The number of hydrogen-bond donors (Lipinski definition) is 0. The Morgan fingerprint density at radius 3 is 2.41 bits per heavy atom. The zero-order chi connectivity index (χ0) is 21.0. The lowest BCUT2D eigenvalue weighted by Crippen LogP contribution is -2.50. The minimum Gasteiger partial charge on any atom is -0.369 e. The van der Waals surface area contributed by atoms with E-state index >= 15 is 0 Å². The third-order valence-corrected chi connectivity index (χ3v) is 7.04. The number of carbonyl (C=O) groups excluding carboxylic acids is 1. The second-order valence-corrected chi connectivity index (χ2v) is 9.77. The summed E-state index contributed by atoms with van der Waals surface area (Å²) in [6.45, 7) is 4.32. The van der Waals surface area contributed by atoms with Crippen LogP contribution in [-0.2, 0) is 21.4 Å². The van der Waals surface area contributed by atoms with Crippen LogP contribution < -0.4 is 4.90 Å². The fourth-order valence-electron chi connectivity index (χ4n) is 3.40. The fraction of sp³-hybridized carbons (Fsp3) is 0.381. The smallest absolute Gasteiger partial charge is 0.239 e. The van der Waals surface area contributed by atoms with Crippen LogP contribution in [0.25, 0.3) is 0 Å². The fourth-order valence-corrected chi connectivity index (χ4v) is 5.05. The van der Waals surface area contributed by atoms with Crippen molar-refractivity contribution in [3.05, 3.63) is 64.7 Å². The summed E-state index contributed by atoms with van der Waals surface area (Å²) in [5.74, 6) is -0.944. The highest BCUT2D eigenvalue weighted by molar-refractivity contribution is 7.89. The molecule has 3 rings (SSSR count). The first-order valence-corrected chi connectivity index (χ1v) is 11.5. The van der Waals surface area contributed by atoms with Gasteiger partial charge in [0.2, 0.25) is 15.9 Å². The van der Waals surface area contributed by atoms with Crippen molar-refractivity contribution in [2.45, 2.75) is 13.5 Å². The number of carbonyl (C=O) groups is 1. The molecule has 8 heteroatoms. The number of benzene rings is 2. The van der Waals surface area contributed by atoms with Gasteiger partial charge in [-0.15, -0.1) is 0 Å². The highest BCUT2D eigenvalue weighted by atomic mass is 35.5. The molecule has 1 amide bonds. The molecule has 156 valence electrons. The Labute approximate surface area is 177 Å². The SMILES string of the molecule is Cc1cccc(N2CCN(S(=O)(=O)CC(=O)N(C)Cc3cccc(Cl)c3)CC2)c1. The molecule has 0 aliphatic carbocycles. The van der Waals surface area contributed by atoms with Gasteiger partial charge in [-0.2, -0.15) is 4.31 Å². The van der Waals surface area contributed by atoms with Gasteiger partial charge in [0.1, 0.15) is 5.75 Å². The van der Waals surface area contributed by atoms with E-state index in [1.807, 2.05) is 31.2 Å². The summed E-state index contributed by atoms with van der Waals surface area (Å²) < 4.78 is 26.9. The van der Waals surface area contributed by atoms with Gasteiger partial charge in [-0.1, -0.05) is 35.9 Å². The minimum atomic E-state index is -3.65. The van der Waals surface area contributed by atoms with Gasteiger partial charge in [-0.05, 0) is 42.3 Å². The molecule has 0 N–H and O–H groups in total. The molecule has 0 spiro atoms. The Morgan fingerprint density at radius 2 is 1.76 bits per heavy atom. The van der Waals surface area contributed by atoms with Crippen LogP contribution in [0.15, 0.2) is 48.5 Å². The quantitative estimate of drug-likeness (QED) is 0.700. The van der Waals surface area contributed by atoms with Crippen LogP contribution in [0, 0.1) is 6.92 Å². The summed E-state index contributed by atoms with van der Waals surface area (Å²) >= 11 is 5.97. The van der Waals surface area contributed by atoms with E-state index in [0.29, 0.717) is 37.7 Å². The Morgan fingerprint density at radius 1 is 1.07 bits per heavy atom. The van der Waals surface area contributed by atoms with Gasteiger partial charge >= 0.3 is 0 Å². The van der Waals surface area contributed by atoms with Gasteiger partial charge in [0.15, 0.2) is 0 Å². The normalized spacial score (nSPS) is 15.3. The summed E-state index contributed by atoms with van der Waals surface area (Å²) in [4.78, 5) is 16.1. The van der Waals surface area contributed by atoms with Gasteiger partial charge < -0.3 is 9.80 Å². The number of sulfonamides is 1. The standard InChI is InChI=1S/C21H26ClN3O3S/c1-17-5-3-8-20(13-17)24-9-11-25(12-10-24)29(27,28)16-21(26)23(2)15-18-6-4-7-19(22)14-18/h3-8,13-14H,9-12,15-16H2,1-2H3. The second-order valence-electron chi connectivity index (χ2n) is 7.36. The molecule has 2 aromatic carbocycles. The van der Waals surface area contributed by atoms with E-state index in [4.69, 9.17) is 11.6 Å². The Bertz CT molecular complexity index is 973. The van der Waals surface area contributed by atoms with E-state index < -0.39 is 21.7 Å². The number of aryl methyl sites for hydroxylation is 1. The monoisotopic (exact) mass is 435 g/mol. The molecule has 0 saturated carbocycles. The zero-order valence-corrected chi connectivity index (χ0v) is 18.3. The lowest BCUT2D eigenvalue weighted by Gasteiger charge is -2.35. The van der Waals surface area contributed by atoms with Crippen LogP contribution in [-0.4, -0.2) is 62.5 Å². The number of piperazine rings is 1. The van der Waals surface area contributed by atoms with Crippen molar-refractivity contribution in [3.63, 3.8) is 0 Å². The van der Waals surface area contributed by atoms with Crippen molar-refractivity contribution in [2.24, 2.45) is 0 Å². The second kappa shape index (κ2) is 9.15. The van der Waals surface area contributed by atoms with E-state index in [9.17, 15) is 13.2 Å². The molecular formula is C21H26ClN3O3S. The van der Waals surface area contributed by atoms with E-state index in [2.05, 4.69) is 11.0 Å². The summed E-state index contributed by atoms with van der Waals surface area (Å²) in [5.41, 5.74) is 3.13. The average molecular weight is 436 g/mol. The number of rotatable bonds is 6. The summed E-state index contributed by atoms with van der Waals surface area (Å²) in [6, 6.07) is 15.4. The number of halogens is 1. The molecule has 29 heavy (non-hydrogen) atoms. The number of hydrogen-bond acceptors (Lipinski definition) is 4. The van der Waals surface area contributed by atoms with E-state index in [-0.39, 0.29) is 0 Å². The van der Waals surface area contributed by atoms with Crippen LogP contribution in [0.3, 0.4) is 0 Å². The highest BCUT2D eigenvalue weighted by Gasteiger charge is 2.30. The van der Waals surface area contributed by atoms with Crippen molar-refractivity contribution in [1.29, 1.82) is 0 Å². The Hall–Kier alpha value is -2.09. The highest BCUT2D eigenvalue weighted by Crippen LogP contribution is 2.19. The van der Waals surface area contributed by atoms with Crippen molar-refractivity contribution in [2.75, 3.05) is 43.9 Å². The molecule has 6 nitrogen and oxygen atoms in total. The summed E-state index contributed by atoms with van der Waals surface area (Å²) in [7, 11) is -2.05. The first-order chi connectivity index (χ1) is 13.7. The molecule has 1 fully saturated rings. The molecule has 0 bridgehead atoms. The molecule has 1 aliphatic rings. The van der Waals surface area contributed by atoms with E-state index in [1.54, 1.807) is 25.2 Å². The first-order valence-electron chi connectivity index (χ1n) is 9.52. The first kappa shape index (κ1) is 21.6. The average Bonchev–Trinajstić information content (AvgIpc) is 2.68. The van der Waals surface area contributed by atoms with Gasteiger partial charge in [0.05, 0.1) is 0 Å². The molecule has 1 saturated heterocycles. The van der Waals surface area contributed by atoms with Crippen molar-refractivity contribution >= 4 is 33.2 Å². The molecule has 0 unspecified atom stereocenters. The Balaban J connectivity index is 1.56. The minimum absolute atomic E-state index is 0.316. The van der Waals surface area contributed by atoms with Crippen molar-refractivity contribution in [3.8, 4) is 0 Å². The number of amides is 1. The van der Waals surface area contributed by atoms with Gasteiger partial charge in [-0.25, -0.2) is 8.42 Å². The molecule has 1 aliphatic heterocycles. The van der Waals surface area contributed by atoms with Crippen molar-refractivity contribution < 1.29 is 13.2 Å². The van der Waals surface area contributed by atoms with E-state index in [0.717, 1.165) is 11.3 Å². The molecule has 0 aromatic heterocycles. The van der Waals surface area contributed by atoms with Gasteiger partial charge in [0, 0.05) is 50.5 Å². The molecule has 2 aromatic rings. The van der Waals surface area contributed by atoms with E-state index in [1.165, 1.54) is 14.8 Å². The van der Waals surface area contributed by atoms with Crippen LogP contribution in [0.5, 0.6) is 0 Å². The topological polar surface area (TPSA) is 60.9 Å². The zero-order valence-electron chi connectivity index (χ0n) is 16.7.